The number of fused-ring (bicyclic) bond motifs is 5. The predicted octanol–water partition coefficient (Wildman–Crippen LogP) is 5.42. The Morgan fingerprint density at radius 3 is 2.55 bits per heavy atom. The molecule has 0 saturated heterocycles. The number of carbonyl (C=O) groups is 2. The maximum absolute atomic E-state index is 14.6. The van der Waals surface area contributed by atoms with E-state index in [4.69, 9.17) is 0 Å². The Bertz CT molecular complexity index is 977. The van der Waals surface area contributed by atoms with Gasteiger partial charge in [-0.1, -0.05) is 44.2 Å². The van der Waals surface area contributed by atoms with Crippen molar-refractivity contribution in [3.63, 3.8) is 0 Å². The largest absolute Gasteiger partial charge is 0.349 e. The number of rotatable bonds is 3. The third-order valence-corrected chi connectivity index (χ3v) is 10.1. The second-order valence-corrected chi connectivity index (χ2v) is 11.6. The molecule has 33 heavy (non-hydrogen) atoms. The van der Waals surface area contributed by atoms with Crippen LogP contribution in [0.3, 0.4) is 0 Å². The van der Waals surface area contributed by atoms with Crippen molar-refractivity contribution in [1.29, 1.82) is 0 Å². The SMILES string of the molecule is CC(NC(=O)[C@H]1CC[C@H]2C3CC[C@H]4N(C)C(=O)C(F)=C[C@]4(C)C3CC[C@]12C)c1ccccc1. The normalized spacial score (nSPS) is 40.9. The fourth-order valence-electron chi connectivity index (χ4n) is 8.40. The molecule has 8 atom stereocenters. The predicted molar refractivity (Wildman–Crippen MR) is 127 cm³/mol. The van der Waals surface area contributed by atoms with Gasteiger partial charge >= 0.3 is 0 Å². The van der Waals surface area contributed by atoms with Crippen LogP contribution >= 0.6 is 0 Å². The lowest BCUT2D eigenvalue weighted by molar-refractivity contribution is -0.145. The summed E-state index contributed by atoms with van der Waals surface area (Å²) in [5.74, 6) is 0.481. The van der Waals surface area contributed by atoms with Crippen molar-refractivity contribution in [2.45, 2.75) is 71.4 Å². The summed E-state index contributed by atoms with van der Waals surface area (Å²) in [4.78, 5) is 27.4. The van der Waals surface area contributed by atoms with Gasteiger partial charge in [0.25, 0.3) is 5.91 Å². The van der Waals surface area contributed by atoms with Crippen LogP contribution in [0.25, 0.3) is 0 Å². The highest BCUT2D eigenvalue weighted by Crippen LogP contribution is 2.65. The Morgan fingerprint density at radius 2 is 1.82 bits per heavy atom. The molecule has 178 valence electrons. The quantitative estimate of drug-likeness (QED) is 0.666. The lowest BCUT2D eigenvalue weighted by atomic mass is 9.47. The van der Waals surface area contributed by atoms with E-state index in [0.717, 1.165) is 44.1 Å². The summed E-state index contributed by atoms with van der Waals surface area (Å²) in [6.07, 6.45) is 7.61. The van der Waals surface area contributed by atoms with Gasteiger partial charge in [0.15, 0.2) is 5.83 Å². The lowest BCUT2D eigenvalue weighted by Gasteiger charge is -2.60. The molecule has 1 N–H and O–H groups in total. The fourth-order valence-corrected chi connectivity index (χ4v) is 8.40. The minimum atomic E-state index is -0.594. The maximum atomic E-state index is 14.6. The van der Waals surface area contributed by atoms with E-state index in [9.17, 15) is 14.0 Å². The van der Waals surface area contributed by atoms with Gasteiger partial charge < -0.3 is 10.2 Å². The number of nitrogens with one attached hydrogen (secondary N) is 1. The molecule has 5 rings (SSSR count). The van der Waals surface area contributed by atoms with E-state index in [2.05, 4.69) is 38.2 Å². The molecule has 0 aromatic heterocycles. The molecule has 3 unspecified atom stereocenters. The molecule has 4 aliphatic rings. The lowest BCUT2D eigenvalue weighted by Crippen LogP contribution is -2.60. The minimum absolute atomic E-state index is 0.00420. The van der Waals surface area contributed by atoms with E-state index in [1.54, 1.807) is 18.0 Å². The Hall–Kier alpha value is -2.17. The summed E-state index contributed by atoms with van der Waals surface area (Å²) < 4.78 is 14.6. The third-order valence-electron chi connectivity index (χ3n) is 10.1. The van der Waals surface area contributed by atoms with E-state index in [0.29, 0.717) is 17.8 Å². The van der Waals surface area contributed by atoms with Crippen LogP contribution in [0.5, 0.6) is 0 Å². The number of halogens is 1. The highest BCUT2D eigenvalue weighted by atomic mass is 19.1. The topological polar surface area (TPSA) is 49.4 Å². The van der Waals surface area contributed by atoms with Crippen LogP contribution in [-0.4, -0.2) is 29.8 Å². The third kappa shape index (κ3) is 3.37. The zero-order chi connectivity index (χ0) is 23.5. The summed E-state index contributed by atoms with van der Waals surface area (Å²) in [5, 5.41) is 3.30. The summed E-state index contributed by atoms with van der Waals surface area (Å²) in [5.41, 5.74) is 0.799. The first-order chi connectivity index (χ1) is 15.7. The second-order valence-electron chi connectivity index (χ2n) is 11.6. The number of hydrogen-bond donors (Lipinski definition) is 1. The smallest absolute Gasteiger partial charge is 0.282 e. The van der Waals surface area contributed by atoms with E-state index < -0.39 is 11.7 Å². The van der Waals surface area contributed by atoms with Gasteiger partial charge in [-0.05, 0) is 80.3 Å². The van der Waals surface area contributed by atoms with Crippen molar-refractivity contribution in [3.8, 4) is 0 Å². The first-order valence-corrected chi connectivity index (χ1v) is 12.7. The number of nitrogens with zero attached hydrogens (tertiary/aromatic N) is 1. The Labute approximate surface area is 197 Å². The zero-order valence-corrected chi connectivity index (χ0v) is 20.3. The highest BCUT2D eigenvalue weighted by molar-refractivity contribution is 5.92. The van der Waals surface area contributed by atoms with Crippen LogP contribution in [0.15, 0.2) is 42.2 Å². The zero-order valence-electron chi connectivity index (χ0n) is 20.3. The van der Waals surface area contributed by atoms with Gasteiger partial charge in [0.1, 0.15) is 0 Å². The number of benzene rings is 1. The van der Waals surface area contributed by atoms with E-state index in [1.165, 1.54) is 0 Å². The van der Waals surface area contributed by atoms with Gasteiger partial charge in [0, 0.05) is 24.4 Å². The molecule has 1 aromatic carbocycles. The minimum Gasteiger partial charge on any atom is -0.349 e. The van der Waals surface area contributed by atoms with Crippen LogP contribution < -0.4 is 5.32 Å². The fraction of sp³-hybridized carbons (Fsp3) is 0.643. The van der Waals surface area contributed by atoms with E-state index in [-0.39, 0.29) is 34.7 Å². The van der Waals surface area contributed by atoms with Crippen LogP contribution in [0.1, 0.15) is 70.9 Å². The molecule has 3 saturated carbocycles. The maximum Gasteiger partial charge on any atom is 0.282 e. The first kappa shape index (κ1) is 22.6. The molecule has 3 fully saturated rings. The van der Waals surface area contributed by atoms with Crippen molar-refractivity contribution in [2.75, 3.05) is 7.05 Å². The molecule has 5 heteroatoms. The molecular formula is C28H37FN2O2. The van der Waals surface area contributed by atoms with Gasteiger partial charge in [-0.2, -0.15) is 0 Å². The molecule has 1 aromatic rings. The second kappa shape index (κ2) is 7.95. The van der Waals surface area contributed by atoms with Gasteiger partial charge in [-0.15, -0.1) is 0 Å². The monoisotopic (exact) mass is 452 g/mol. The van der Waals surface area contributed by atoms with Crippen LogP contribution in [0, 0.1) is 34.5 Å². The van der Waals surface area contributed by atoms with Crippen LogP contribution in [0.2, 0.25) is 0 Å². The molecule has 2 amide bonds. The molecular weight excluding hydrogens is 415 g/mol. The Morgan fingerprint density at radius 1 is 1.09 bits per heavy atom. The summed E-state index contributed by atoms with van der Waals surface area (Å²) in [6.45, 7) is 6.56. The first-order valence-electron chi connectivity index (χ1n) is 12.7. The van der Waals surface area contributed by atoms with Gasteiger partial charge in [0.05, 0.1) is 6.04 Å². The average Bonchev–Trinajstić information content (AvgIpc) is 3.15. The number of amides is 2. The molecule has 3 aliphatic carbocycles. The summed E-state index contributed by atoms with van der Waals surface area (Å²) in [6, 6.07) is 10.2. The molecule has 0 bridgehead atoms. The van der Waals surface area contributed by atoms with Crippen molar-refractivity contribution >= 4 is 11.8 Å². The van der Waals surface area contributed by atoms with Gasteiger partial charge in [0.2, 0.25) is 5.91 Å². The van der Waals surface area contributed by atoms with Crippen molar-refractivity contribution in [2.24, 2.45) is 34.5 Å². The van der Waals surface area contributed by atoms with Crippen molar-refractivity contribution in [1.82, 2.24) is 10.2 Å². The van der Waals surface area contributed by atoms with Crippen LogP contribution in [0.4, 0.5) is 4.39 Å². The van der Waals surface area contributed by atoms with E-state index >= 15 is 0 Å². The molecule has 0 radical (unpaired) electrons. The molecule has 4 nitrogen and oxygen atoms in total. The number of hydrogen-bond acceptors (Lipinski definition) is 2. The van der Waals surface area contributed by atoms with Crippen molar-refractivity contribution in [3.05, 3.63) is 47.8 Å². The highest BCUT2D eigenvalue weighted by Gasteiger charge is 2.62. The number of likely N-dealkylation sites (N-methyl/N-ethyl adjacent to an activating group) is 1. The summed E-state index contributed by atoms with van der Waals surface area (Å²) >= 11 is 0. The molecule has 1 heterocycles. The standard InChI is InChI=1S/C28H37FN2O2/c1-17(18-8-6-5-7-9-18)30-25(32)22-12-11-20-19-10-13-24-28(3,16-23(29)26(33)31(24)4)21(19)14-15-27(20,22)2/h5-9,16-17,19-22,24H,10-15H2,1-4H3,(H,30,32)/t17?,19?,20-,21?,22+,24+,27-,28+/m0/s1. The molecule has 0 spiro atoms. The van der Waals surface area contributed by atoms with Gasteiger partial charge in [-0.3, -0.25) is 9.59 Å². The Balaban J connectivity index is 1.36. The van der Waals surface area contributed by atoms with Crippen molar-refractivity contribution < 1.29 is 14.0 Å². The summed E-state index contributed by atoms with van der Waals surface area (Å²) in [7, 11) is 1.76. The molecule has 1 aliphatic heterocycles. The average molecular weight is 453 g/mol. The van der Waals surface area contributed by atoms with Crippen LogP contribution in [-0.2, 0) is 9.59 Å². The number of carbonyl (C=O) groups excluding carboxylic acids is 2. The van der Waals surface area contributed by atoms with E-state index in [1.807, 2.05) is 18.2 Å². The Kier molecular flexibility index (Phi) is 5.45. The van der Waals surface area contributed by atoms with Gasteiger partial charge in [-0.25, -0.2) is 4.39 Å².